The molecule has 0 aliphatic carbocycles. The minimum Gasteiger partial charge on any atom is -0.352 e. The summed E-state index contributed by atoms with van der Waals surface area (Å²) < 4.78 is 52.5. The van der Waals surface area contributed by atoms with Gasteiger partial charge in [-0.2, -0.15) is 0 Å². The van der Waals surface area contributed by atoms with Gasteiger partial charge >= 0.3 is 0 Å². The molecule has 2 aromatic rings. The predicted molar refractivity (Wildman–Crippen MR) is 138 cm³/mol. The molecule has 198 valence electrons. The van der Waals surface area contributed by atoms with Gasteiger partial charge in [-0.25, -0.2) is 17.2 Å². The molecule has 0 unspecified atom stereocenters. The molecule has 0 spiro atoms. The second-order valence-corrected chi connectivity index (χ2v) is 11.4. The molecule has 0 aliphatic rings. The average Bonchev–Trinajstić information content (AvgIpc) is 2.77. The summed E-state index contributed by atoms with van der Waals surface area (Å²) in [6, 6.07) is 6.69. The molecule has 2 amide bonds. The van der Waals surface area contributed by atoms with Crippen molar-refractivity contribution in [3.63, 3.8) is 0 Å². The van der Waals surface area contributed by atoms with E-state index in [1.54, 1.807) is 39.0 Å². The van der Waals surface area contributed by atoms with E-state index in [9.17, 15) is 26.8 Å². The monoisotopic (exact) mass is 563 g/mol. The van der Waals surface area contributed by atoms with E-state index in [1.807, 2.05) is 0 Å². The molecule has 2 aromatic carbocycles. The Balaban J connectivity index is 2.21. The number of hydrogen-bond donors (Lipinski definition) is 1. The van der Waals surface area contributed by atoms with E-state index in [-0.39, 0.29) is 43.6 Å². The van der Waals surface area contributed by atoms with Crippen LogP contribution >= 0.6 is 23.2 Å². The fourth-order valence-corrected chi connectivity index (χ4v) is 4.74. The van der Waals surface area contributed by atoms with Gasteiger partial charge in [0.25, 0.3) is 0 Å². The number of amides is 2. The molecule has 0 fully saturated rings. The number of anilines is 1. The highest BCUT2D eigenvalue weighted by Crippen LogP contribution is 2.25. The Morgan fingerprint density at radius 2 is 1.67 bits per heavy atom. The molecule has 0 bridgehead atoms. The minimum absolute atomic E-state index is 0.0545. The first-order valence-electron chi connectivity index (χ1n) is 11.2. The Morgan fingerprint density at radius 3 is 2.22 bits per heavy atom. The highest BCUT2D eigenvalue weighted by atomic mass is 35.5. The van der Waals surface area contributed by atoms with E-state index in [0.717, 1.165) is 28.8 Å². The first-order chi connectivity index (χ1) is 16.7. The molecule has 1 N–H and O–H groups in total. The third-order valence-electron chi connectivity index (χ3n) is 5.28. The highest BCUT2D eigenvalue weighted by molar-refractivity contribution is 7.92. The number of hydrogen-bond acceptors (Lipinski definition) is 4. The average molecular weight is 564 g/mol. The zero-order valence-electron chi connectivity index (χ0n) is 20.4. The van der Waals surface area contributed by atoms with Crippen LogP contribution in [0.15, 0.2) is 36.4 Å². The predicted octanol–water partition coefficient (Wildman–Crippen LogP) is 4.76. The molecule has 0 heterocycles. The maximum atomic E-state index is 13.7. The summed E-state index contributed by atoms with van der Waals surface area (Å²) in [5, 5.41) is 3.43. The summed E-state index contributed by atoms with van der Waals surface area (Å²) in [6.45, 7) is 5.11. The Bertz CT molecular complexity index is 1210. The van der Waals surface area contributed by atoms with Gasteiger partial charge in [0.1, 0.15) is 6.04 Å². The van der Waals surface area contributed by atoms with Crippen molar-refractivity contribution in [3.8, 4) is 0 Å². The van der Waals surface area contributed by atoms with Crippen molar-refractivity contribution in [2.45, 2.75) is 52.2 Å². The van der Waals surface area contributed by atoms with Crippen LogP contribution in [-0.2, 0) is 26.2 Å². The van der Waals surface area contributed by atoms with Crippen molar-refractivity contribution in [3.05, 3.63) is 63.6 Å². The number of nitrogens with one attached hydrogen (secondary N) is 1. The molecule has 36 heavy (non-hydrogen) atoms. The standard InChI is InChI=1S/C24H29Cl2F2N3O4S/c1-15(2)29-24(33)16(3)30(14-17-7-9-19(25)20(26)12-17)23(32)6-5-11-31(36(4,34)35)18-8-10-21(27)22(28)13-18/h7-10,12-13,15-16H,5-6,11,14H2,1-4H3,(H,29,33)/t16-/m0/s1. The number of sulfonamides is 1. The number of nitrogens with zero attached hydrogens (tertiary/aromatic N) is 2. The Labute approximate surface area is 220 Å². The highest BCUT2D eigenvalue weighted by Gasteiger charge is 2.27. The van der Waals surface area contributed by atoms with Gasteiger partial charge in [0.05, 0.1) is 22.0 Å². The summed E-state index contributed by atoms with van der Waals surface area (Å²) in [4.78, 5) is 27.2. The summed E-state index contributed by atoms with van der Waals surface area (Å²) in [7, 11) is -3.84. The van der Waals surface area contributed by atoms with Gasteiger partial charge in [-0.15, -0.1) is 0 Å². The minimum atomic E-state index is -3.84. The molecule has 0 radical (unpaired) electrons. The smallest absolute Gasteiger partial charge is 0.242 e. The molecule has 12 heteroatoms. The number of carbonyl (C=O) groups excluding carboxylic acids is 2. The summed E-state index contributed by atoms with van der Waals surface area (Å²) >= 11 is 12.1. The van der Waals surface area contributed by atoms with Gasteiger partial charge in [0.2, 0.25) is 21.8 Å². The van der Waals surface area contributed by atoms with Crippen LogP contribution in [0.2, 0.25) is 10.0 Å². The lowest BCUT2D eigenvalue weighted by Crippen LogP contribution is -2.49. The Kier molecular flexibility index (Phi) is 10.5. The maximum absolute atomic E-state index is 13.7. The second-order valence-electron chi connectivity index (χ2n) is 8.65. The van der Waals surface area contributed by atoms with Crippen molar-refractivity contribution in [2.24, 2.45) is 0 Å². The summed E-state index contributed by atoms with van der Waals surface area (Å²) in [5.74, 6) is -3.03. The fraction of sp³-hybridized carbons (Fsp3) is 0.417. The largest absolute Gasteiger partial charge is 0.352 e. The van der Waals surface area contributed by atoms with Gasteiger partial charge in [0.15, 0.2) is 11.6 Å². The van der Waals surface area contributed by atoms with Crippen LogP contribution in [0.5, 0.6) is 0 Å². The third kappa shape index (κ3) is 8.31. The van der Waals surface area contributed by atoms with Gasteiger partial charge in [-0.1, -0.05) is 29.3 Å². The van der Waals surface area contributed by atoms with Crippen LogP contribution in [-0.4, -0.2) is 50.0 Å². The number of carbonyl (C=O) groups is 2. The van der Waals surface area contributed by atoms with Crippen LogP contribution in [0.3, 0.4) is 0 Å². The van der Waals surface area contributed by atoms with E-state index in [1.165, 1.54) is 4.90 Å². The van der Waals surface area contributed by atoms with Gasteiger partial charge in [-0.3, -0.25) is 13.9 Å². The van der Waals surface area contributed by atoms with E-state index < -0.39 is 33.6 Å². The summed E-state index contributed by atoms with van der Waals surface area (Å²) in [5.41, 5.74) is 0.600. The van der Waals surface area contributed by atoms with E-state index in [2.05, 4.69) is 5.32 Å². The van der Waals surface area contributed by atoms with Crippen LogP contribution in [0, 0.1) is 11.6 Å². The zero-order chi connectivity index (χ0) is 27.2. The first kappa shape index (κ1) is 29.8. The lowest BCUT2D eigenvalue weighted by atomic mass is 10.1. The van der Waals surface area contributed by atoms with Crippen LogP contribution in [0.4, 0.5) is 14.5 Å². The van der Waals surface area contributed by atoms with Gasteiger partial charge in [-0.05, 0) is 57.0 Å². The quantitative estimate of drug-likeness (QED) is 0.427. The lowest BCUT2D eigenvalue weighted by Gasteiger charge is -2.30. The third-order valence-corrected chi connectivity index (χ3v) is 7.21. The molecular weight excluding hydrogens is 535 g/mol. The SMILES string of the molecule is CC(C)NC(=O)[C@H](C)N(Cc1ccc(Cl)c(Cl)c1)C(=O)CCCN(c1ccc(F)c(F)c1)S(C)(=O)=O. The number of halogens is 4. The Hall–Kier alpha value is -2.43. The molecule has 0 aromatic heterocycles. The second kappa shape index (κ2) is 12.7. The Morgan fingerprint density at radius 1 is 1.00 bits per heavy atom. The topological polar surface area (TPSA) is 86.8 Å². The van der Waals surface area contributed by atoms with Crippen LogP contribution in [0.25, 0.3) is 0 Å². The van der Waals surface area contributed by atoms with Crippen LogP contribution in [0.1, 0.15) is 39.2 Å². The molecule has 0 saturated carbocycles. The molecule has 2 rings (SSSR count). The fourth-order valence-electron chi connectivity index (χ4n) is 3.47. The summed E-state index contributed by atoms with van der Waals surface area (Å²) in [6.07, 6.45) is 0.905. The van der Waals surface area contributed by atoms with Crippen LogP contribution < -0.4 is 9.62 Å². The molecule has 0 saturated heterocycles. The van der Waals surface area contributed by atoms with Gasteiger partial charge < -0.3 is 10.2 Å². The number of rotatable bonds is 11. The van der Waals surface area contributed by atoms with E-state index in [0.29, 0.717) is 15.6 Å². The van der Waals surface area contributed by atoms with E-state index in [4.69, 9.17) is 23.2 Å². The molecular formula is C24H29Cl2F2N3O4S. The first-order valence-corrected chi connectivity index (χ1v) is 13.8. The van der Waals surface area contributed by atoms with E-state index >= 15 is 0 Å². The molecule has 7 nitrogen and oxygen atoms in total. The van der Waals surface area contributed by atoms with Crippen molar-refractivity contribution >= 4 is 50.7 Å². The normalized spacial score (nSPS) is 12.4. The van der Waals surface area contributed by atoms with Crippen molar-refractivity contribution in [1.29, 1.82) is 0 Å². The number of benzene rings is 2. The van der Waals surface area contributed by atoms with Crippen molar-refractivity contribution < 1.29 is 26.8 Å². The molecule has 1 atom stereocenters. The molecule has 0 aliphatic heterocycles. The van der Waals surface area contributed by atoms with Crippen molar-refractivity contribution in [1.82, 2.24) is 10.2 Å². The van der Waals surface area contributed by atoms with Crippen molar-refractivity contribution in [2.75, 3.05) is 17.1 Å². The lowest BCUT2D eigenvalue weighted by molar-refractivity contribution is -0.140. The zero-order valence-corrected chi connectivity index (χ0v) is 22.7. The van der Waals surface area contributed by atoms with Gasteiger partial charge in [0, 0.05) is 31.6 Å². The maximum Gasteiger partial charge on any atom is 0.242 e.